The Labute approximate surface area is 124 Å². The van der Waals surface area contributed by atoms with E-state index >= 15 is 0 Å². The molecular weight excluding hydrogens is 288 g/mol. The lowest BCUT2D eigenvalue weighted by molar-refractivity contribution is 0.0665. The zero-order valence-corrected chi connectivity index (χ0v) is 11.8. The number of carboxylic acid groups (broad SMARTS) is 1. The number of thioether (sulfide) groups is 1. The maximum absolute atomic E-state index is 10.9. The van der Waals surface area contributed by atoms with Crippen LogP contribution in [0, 0.1) is 0 Å². The first-order valence-electron chi connectivity index (χ1n) is 6.21. The van der Waals surface area contributed by atoms with Crippen LogP contribution >= 0.6 is 11.8 Å². The number of carbonyl (C=O) groups is 1. The summed E-state index contributed by atoms with van der Waals surface area (Å²) in [4.78, 5) is 15.8. The average molecular weight is 300 g/mol. The smallest absolute Gasteiger partial charge is 0.371 e. The van der Waals surface area contributed by atoms with E-state index in [9.17, 15) is 4.79 Å². The maximum atomic E-state index is 10.9. The van der Waals surface area contributed by atoms with Crippen molar-refractivity contribution in [1.29, 1.82) is 0 Å². The number of aromatic carboxylic acids is 1. The average Bonchev–Trinajstić information content (AvgIpc) is 2.90. The van der Waals surface area contributed by atoms with Crippen LogP contribution in [0.2, 0.25) is 0 Å². The van der Waals surface area contributed by atoms with Gasteiger partial charge in [0.05, 0.1) is 11.9 Å². The number of hydrogen-bond acceptors (Lipinski definition) is 5. The second kappa shape index (κ2) is 5.49. The van der Waals surface area contributed by atoms with Gasteiger partial charge in [0.2, 0.25) is 5.76 Å². The number of benzene rings is 1. The summed E-state index contributed by atoms with van der Waals surface area (Å²) in [6.07, 6.45) is 3.33. The number of pyridine rings is 1. The number of fused-ring (bicyclic) bond motifs is 1. The van der Waals surface area contributed by atoms with Gasteiger partial charge >= 0.3 is 5.97 Å². The van der Waals surface area contributed by atoms with E-state index in [1.54, 1.807) is 30.2 Å². The molecule has 0 spiro atoms. The van der Waals surface area contributed by atoms with Crippen LogP contribution in [0.25, 0.3) is 11.0 Å². The predicted molar refractivity (Wildman–Crippen MR) is 81.4 cm³/mol. The Balaban J connectivity index is 1.81. The van der Waals surface area contributed by atoms with Crippen molar-refractivity contribution < 1.29 is 14.3 Å². The van der Waals surface area contributed by atoms with Crippen LogP contribution in [-0.2, 0) is 5.75 Å². The Bertz CT molecular complexity index is 814. The van der Waals surface area contributed by atoms with Gasteiger partial charge in [0.15, 0.2) is 0 Å². The summed E-state index contributed by atoms with van der Waals surface area (Å²) >= 11 is 1.61. The number of aromatic nitrogens is 1. The molecule has 6 heteroatoms. The van der Waals surface area contributed by atoms with Crippen molar-refractivity contribution in [3.63, 3.8) is 0 Å². The molecule has 0 fully saturated rings. The van der Waals surface area contributed by atoms with Gasteiger partial charge in [-0.25, -0.2) is 4.79 Å². The number of nitrogen functional groups attached to an aromatic ring is 1. The van der Waals surface area contributed by atoms with Gasteiger partial charge in [-0.05, 0) is 29.8 Å². The van der Waals surface area contributed by atoms with E-state index in [2.05, 4.69) is 4.98 Å². The van der Waals surface area contributed by atoms with Crippen molar-refractivity contribution in [3.05, 3.63) is 54.0 Å². The molecule has 5 nitrogen and oxygen atoms in total. The second-order valence-corrected chi connectivity index (χ2v) is 5.51. The van der Waals surface area contributed by atoms with Crippen LogP contribution in [0.1, 0.15) is 16.1 Å². The van der Waals surface area contributed by atoms with E-state index in [0.29, 0.717) is 11.3 Å². The largest absolute Gasteiger partial charge is 0.475 e. The Hall–Kier alpha value is -2.47. The summed E-state index contributed by atoms with van der Waals surface area (Å²) in [5.41, 5.74) is 8.15. The molecule has 0 radical (unpaired) electrons. The Morgan fingerprint density at radius 2 is 2.19 bits per heavy atom. The van der Waals surface area contributed by atoms with Gasteiger partial charge in [-0.2, -0.15) is 0 Å². The summed E-state index contributed by atoms with van der Waals surface area (Å²) in [5.74, 6) is -0.377. The van der Waals surface area contributed by atoms with Crippen LogP contribution in [0.3, 0.4) is 0 Å². The highest BCUT2D eigenvalue weighted by Gasteiger charge is 2.10. The summed E-state index contributed by atoms with van der Waals surface area (Å²) in [5, 5.41) is 9.71. The molecule has 0 saturated carbocycles. The van der Waals surface area contributed by atoms with Crippen LogP contribution in [-0.4, -0.2) is 16.1 Å². The fourth-order valence-electron chi connectivity index (χ4n) is 1.97. The molecule has 1 aromatic carbocycles. The van der Waals surface area contributed by atoms with E-state index in [4.69, 9.17) is 15.3 Å². The molecule has 0 unspecified atom stereocenters. The van der Waals surface area contributed by atoms with Crippen molar-refractivity contribution in [3.8, 4) is 0 Å². The summed E-state index contributed by atoms with van der Waals surface area (Å²) in [6, 6.07) is 9.04. The van der Waals surface area contributed by atoms with Crippen molar-refractivity contribution in [1.82, 2.24) is 4.98 Å². The number of furan rings is 1. The van der Waals surface area contributed by atoms with Crippen molar-refractivity contribution >= 4 is 34.4 Å². The van der Waals surface area contributed by atoms with Gasteiger partial charge in [-0.3, -0.25) is 4.98 Å². The zero-order valence-electron chi connectivity index (χ0n) is 10.9. The molecule has 0 aliphatic carbocycles. The van der Waals surface area contributed by atoms with E-state index in [-0.39, 0.29) is 5.76 Å². The Morgan fingerprint density at radius 3 is 2.95 bits per heavy atom. The first kappa shape index (κ1) is 13.5. The molecule has 0 amide bonds. The molecular formula is C15H12N2O3S. The fourth-order valence-corrected chi connectivity index (χ4v) is 2.85. The summed E-state index contributed by atoms with van der Waals surface area (Å²) in [7, 11) is 0. The van der Waals surface area contributed by atoms with Gasteiger partial charge in [0.25, 0.3) is 0 Å². The quantitative estimate of drug-likeness (QED) is 0.718. The normalized spacial score (nSPS) is 10.9. The first-order chi connectivity index (χ1) is 10.1. The van der Waals surface area contributed by atoms with E-state index in [0.717, 1.165) is 21.6 Å². The molecule has 0 saturated heterocycles. The molecule has 3 N–H and O–H groups in total. The molecule has 0 aliphatic rings. The van der Waals surface area contributed by atoms with Crippen LogP contribution < -0.4 is 5.73 Å². The van der Waals surface area contributed by atoms with E-state index in [1.807, 2.05) is 18.2 Å². The Morgan fingerprint density at radius 1 is 1.33 bits per heavy atom. The third-order valence-corrected chi connectivity index (χ3v) is 4.16. The lowest BCUT2D eigenvalue weighted by atomic mass is 10.2. The molecule has 2 aromatic heterocycles. The maximum Gasteiger partial charge on any atom is 0.371 e. The standard InChI is InChI=1S/C15H12N2O3S/c16-11-7-17-4-3-14(11)21-8-9-1-2-12-10(5-9)6-13(20-12)15(18)19/h1-7H,8,16H2,(H,18,19). The van der Waals surface area contributed by atoms with Gasteiger partial charge in [-0.1, -0.05) is 6.07 Å². The molecule has 0 atom stereocenters. The molecule has 3 aromatic rings. The fraction of sp³-hybridized carbons (Fsp3) is 0.0667. The number of nitrogens with two attached hydrogens (primary N) is 1. The molecule has 3 rings (SSSR count). The lowest BCUT2D eigenvalue weighted by Crippen LogP contribution is -1.91. The molecule has 21 heavy (non-hydrogen) atoms. The van der Waals surface area contributed by atoms with Gasteiger partial charge in [0.1, 0.15) is 5.58 Å². The van der Waals surface area contributed by atoms with E-state index < -0.39 is 5.97 Å². The number of hydrogen-bond donors (Lipinski definition) is 2. The Kier molecular flexibility index (Phi) is 3.53. The third kappa shape index (κ3) is 2.85. The lowest BCUT2D eigenvalue weighted by Gasteiger charge is -2.04. The molecule has 106 valence electrons. The van der Waals surface area contributed by atoms with Crippen molar-refractivity contribution in [2.45, 2.75) is 10.6 Å². The first-order valence-corrected chi connectivity index (χ1v) is 7.20. The molecule has 2 heterocycles. The van der Waals surface area contributed by atoms with Crippen LogP contribution in [0.4, 0.5) is 5.69 Å². The minimum absolute atomic E-state index is 0.0480. The third-order valence-electron chi connectivity index (χ3n) is 3.00. The van der Waals surface area contributed by atoms with Crippen molar-refractivity contribution in [2.24, 2.45) is 0 Å². The van der Waals surface area contributed by atoms with Gasteiger partial charge in [-0.15, -0.1) is 11.8 Å². The second-order valence-electron chi connectivity index (χ2n) is 4.49. The van der Waals surface area contributed by atoms with Gasteiger partial charge in [0, 0.05) is 22.2 Å². The highest BCUT2D eigenvalue weighted by atomic mass is 32.2. The number of anilines is 1. The number of carboxylic acids is 1. The van der Waals surface area contributed by atoms with Crippen LogP contribution in [0.15, 0.2) is 52.0 Å². The molecule has 0 bridgehead atoms. The molecule has 0 aliphatic heterocycles. The van der Waals surface area contributed by atoms with Crippen LogP contribution in [0.5, 0.6) is 0 Å². The zero-order chi connectivity index (χ0) is 14.8. The predicted octanol–water partition coefficient (Wildman–Crippen LogP) is 3.40. The number of rotatable bonds is 4. The SMILES string of the molecule is Nc1cnccc1SCc1ccc2oc(C(=O)O)cc2c1. The summed E-state index contributed by atoms with van der Waals surface area (Å²) in [6.45, 7) is 0. The van der Waals surface area contributed by atoms with Gasteiger partial charge < -0.3 is 15.3 Å². The van der Waals surface area contributed by atoms with Crippen molar-refractivity contribution in [2.75, 3.05) is 5.73 Å². The minimum atomic E-state index is -1.06. The monoisotopic (exact) mass is 300 g/mol. The number of nitrogens with zero attached hydrogens (tertiary/aromatic N) is 1. The highest BCUT2D eigenvalue weighted by molar-refractivity contribution is 7.98. The topological polar surface area (TPSA) is 89.4 Å². The highest BCUT2D eigenvalue weighted by Crippen LogP contribution is 2.29. The summed E-state index contributed by atoms with van der Waals surface area (Å²) < 4.78 is 5.23. The van der Waals surface area contributed by atoms with E-state index in [1.165, 1.54) is 6.07 Å². The minimum Gasteiger partial charge on any atom is -0.475 e.